The highest BCUT2D eigenvalue weighted by Crippen LogP contribution is 2.08. The molecule has 1 atom stereocenters. The number of likely N-dealkylation sites (N-methyl/N-ethyl adjacent to an activating group) is 1. The van der Waals surface area contributed by atoms with E-state index in [0.717, 1.165) is 11.1 Å². The van der Waals surface area contributed by atoms with Crippen LogP contribution in [0.2, 0.25) is 0 Å². The summed E-state index contributed by atoms with van der Waals surface area (Å²) >= 11 is 0. The van der Waals surface area contributed by atoms with E-state index in [9.17, 15) is 9.90 Å². The second-order valence-electron chi connectivity index (χ2n) is 6.64. The minimum Gasteiger partial charge on any atom is -0.391 e. The number of rotatable bonds is 5. The number of aliphatic hydroxyl groups is 1. The van der Waals surface area contributed by atoms with Crippen molar-refractivity contribution in [3.63, 3.8) is 0 Å². The molecule has 6 heteroatoms. The standard InChI is InChI=1S/C22H22N4O2/c1-25(16-21(27)11-17-6-4-3-5-7-17)22(28)20-10-18(12-23-14-20)8-9-19-13-24-26(2)15-19/h3-7,10,12-15,21,27H,11,16H2,1-2H3/t21-/m0/s1. The molecule has 0 saturated carbocycles. The SMILES string of the molecule is CN(C[C@@H](O)Cc1ccccc1)C(=O)c1cncc(C#Cc2cnn(C)c2)c1. The van der Waals surface area contributed by atoms with Gasteiger partial charge in [-0.25, -0.2) is 0 Å². The van der Waals surface area contributed by atoms with Gasteiger partial charge >= 0.3 is 0 Å². The highest BCUT2D eigenvalue weighted by Gasteiger charge is 2.16. The van der Waals surface area contributed by atoms with E-state index in [4.69, 9.17) is 0 Å². The third-order valence-electron chi connectivity index (χ3n) is 4.19. The van der Waals surface area contributed by atoms with E-state index >= 15 is 0 Å². The van der Waals surface area contributed by atoms with Gasteiger partial charge < -0.3 is 10.0 Å². The maximum atomic E-state index is 12.7. The summed E-state index contributed by atoms with van der Waals surface area (Å²) in [7, 11) is 3.50. The average molecular weight is 374 g/mol. The number of hydrogen-bond acceptors (Lipinski definition) is 4. The Hall–Kier alpha value is -3.43. The van der Waals surface area contributed by atoms with Gasteiger partial charge in [-0.05, 0) is 11.6 Å². The first-order valence-corrected chi connectivity index (χ1v) is 8.94. The van der Waals surface area contributed by atoms with Crippen molar-refractivity contribution < 1.29 is 9.90 Å². The second-order valence-corrected chi connectivity index (χ2v) is 6.64. The van der Waals surface area contributed by atoms with Crippen LogP contribution in [0.5, 0.6) is 0 Å². The van der Waals surface area contributed by atoms with Gasteiger partial charge in [0.05, 0.1) is 23.4 Å². The molecule has 28 heavy (non-hydrogen) atoms. The summed E-state index contributed by atoms with van der Waals surface area (Å²) in [5.41, 5.74) is 2.91. The van der Waals surface area contributed by atoms with Gasteiger partial charge in [-0.3, -0.25) is 14.5 Å². The molecule has 0 radical (unpaired) electrons. The molecule has 6 nitrogen and oxygen atoms in total. The zero-order chi connectivity index (χ0) is 19.9. The van der Waals surface area contributed by atoms with Crippen LogP contribution in [-0.4, -0.2) is 50.4 Å². The lowest BCUT2D eigenvalue weighted by atomic mass is 10.1. The number of benzene rings is 1. The number of aryl methyl sites for hydroxylation is 1. The van der Waals surface area contributed by atoms with Gasteiger partial charge in [0.15, 0.2) is 0 Å². The van der Waals surface area contributed by atoms with Crippen LogP contribution >= 0.6 is 0 Å². The molecule has 1 amide bonds. The lowest BCUT2D eigenvalue weighted by Crippen LogP contribution is -2.35. The molecule has 0 bridgehead atoms. The largest absolute Gasteiger partial charge is 0.391 e. The minimum absolute atomic E-state index is 0.204. The van der Waals surface area contributed by atoms with Gasteiger partial charge in [0.1, 0.15) is 0 Å². The molecular formula is C22H22N4O2. The first-order chi connectivity index (χ1) is 13.5. The maximum Gasteiger partial charge on any atom is 0.255 e. The molecule has 1 N–H and O–H groups in total. The molecule has 0 fully saturated rings. The number of carbonyl (C=O) groups excluding carboxylic acids is 1. The van der Waals surface area contributed by atoms with Crippen LogP contribution in [0, 0.1) is 11.8 Å². The minimum atomic E-state index is -0.641. The highest BCUT2D eigenvalue weighted by molar-refractivity contribution is 5.94. The van der Waals surface area contributed by atoms with E-state index in [0.29, 0.717) is 17.5 Å². The van der Waals surface area contributed by atoms with Crippen LogP contribution in [0.1, 0.15) is 27.0 Å². The monoisotopic (exact) mass is 374 g/mol. The van der Waals surface area contributed by atoms with Gasteiger partial charge in [-0.1, -0.05) is 42.2 Å². The summed E-state index contributed by atoms with van der Waals surface area (Å²) in [6, 6.07) is 11.4. The van der Waals surface area contributed by atoms with Gasteiger partial charge in [0.25, 0.3) is 5.91 Å². The van der Waals surface area contributed by atoms with E-state index in [1.165, 1.54) is 11.1 Å². The Morgan fingerprint density at radius 3 is 2.64 bits per heavy atom. The molecule has 1 aromatic carbocycles. The topological polar surface area (TPSA) is 71.2 Å². The van der Waals surface area contributed by atoms with Crippen LogP contribution in [0.25, 0.3) is 0 Å². The number of aromatic nitrogens is 3. The van der Waals surface area contributed by atoms with Crippen LogP contribution in [0.15, 0.2) is 61.2 Å². The lowest BCUT2D eigenvalue weighted by Gasteiger charge is -2.21. The van der Waals surface area contributed by atoms with E-state index < -0.39 is 6.10 Å². The molecule has 0 saturated heterocycles. The smallest absolute Gasteiger partial charge is 0.255 e. The second kappa shape index (κ2) is 8.98. The van der Waals surface area contributed by atoms with Crippen molar-refractivity contribution in [2.24, 2.45) is 7.05 Å². The Balaban J connectivity index is 1.64. The zero-order valence-corrected chi connectivity index (χ0v) is 15.9. The molecule has 0 aliphatic carbocycles. The third-order valence-corrected chi connectivity index (χ3v) is 4.19. The molecule has 0 aliphatic rings. The normalized spacial score (nSPS) is 11.4. The molecule has 0 spiro atoms. The summed E-state index contributed by atoms with van der Waals surface area (Å²) < 4.78 is 1.68. The van der Waals surface area contributed by atoms with Crippen molar-refractivity contribution in [1.82, 2.24) is 19.7 Å². The van der Waals surface area contributed by atoms with Crippen LogP contribution in [-0.2, 0) is 13.5 Å². The van der Waals surface area contributed by atoms with Crippen molar-refractivity contribution >= 4 is 5.91 Å². The fourth-order valence-corrected chi connectivity index (χ4v) is 2.83. The first kappa shape index (κ1) is 19.3. The fraction of sp³-hybridized carbons (Fsp3) is 0.227. The van der Waals surface area contributed by atoms with E-state index in [-0.39, 0.29) is 12.5 Å². The maximum absolute atomic E-state index is 12.7. The summed E-state index contributed by atoms with van der Waals surface area (Å²) in [6.07, 6.45) is 6.47. The predicted octanol–water partition coefficient (Wildman–Crippen LogP) is 1.89. The summed E-state index contributed by atoms with van der Waals surface area (Å²) in [5.74, 6) is 5.79. The molecule has 0 unspecified atom stereocenters. The molecule has 2 heterocycles. The van der Waals surface area contributed by atoms with Crippen LogP contribution in [0.4, 0.5) is 0 Å². The predicted molar refractivity (Wildman–Crippen MR) is 107 cm³/mol. The van der Waals surface area contributed by atoms with Crippen molar-refractivity contribution in [2.45, 2.75) is 12.5 Å². The Morgan fingerprint density at radius 2 is 1.93 bits per heavy atom. The molecule has 2 aromatic heterocycles. The summed E-state index contributed by atoms with van der Waals surface area (Å²) in [6.45, 7) is 0.235. The number of pyridine rings is 1. The van der Waals surface area contributed by atoms with Crippen molar-refractivity contribution in [2.75, 3.05) is 13.6 Å². The molecular weight excluding hydrogens is 352 g/mol. The average Bonchev–Trinajstić information content (AvgIpc) is 3.12. The van der Waals surface area contributed by atoms with E-state index in [1.54, 1.807) is 30.2 Å². The molecule has 3 aromatic rings. The summed E-state index contributed by atoms with van der Waals surface area (Å²) in [4.78, 5) is 18.3. The Bertz CT molecular complexity index is 1000. The van der Waals surface area contributed by atoms with E-state index in [2.05, 4.69) is 21.9 Å². The van der Waals surface area contributed by atoms with Gasteiger partial charge in [0, 0.05) is 51.2 Å². The zero-order valence-electron chi connectivity index (χ0n) is 15.9. The number of amides is 1. The van der Waals surface area contributed by atoms with Crippen molar-refractivity contribution in [1.29, 1.82) is 0 Å². The number of aliphatic hydroxyl groups excluding tert-OH is 1. The molecule has 3 rings (SSSR count). The highest BCUT2D eigenvalue weighted by atomic mass is 16.3. The van der Waals surface area contributed by atoms with Gasteiger partial charge in [-0.15, -0.1) is 0 Å². The Labute approximate surface area is 164 Å². The van der Waals surface area contributed by atoms with E-state index in [1.807, 2.05) is 43.6 Å². The van der Waals surface area contributed by atoms with Crippen molar-refractivity contribution in [3.8, 4) is 11.8 Å². The third kappa shape index (κ3) is 5.29. The number of hydrogen-bond donors (Lipinski definition) is 1. The number of nitrogens with zero attached hydrogens (tertiary/aromatic N) is 4. The fourth-order valence-electron chi connectivity index (χ4n) is 2.83. The molecule has 0 aliphatic heterocycles. The van der Waals surface area contributed by atoms with Crippen LogP contribution in [0.3, 0.4) is 0 Å². The number of carbonyl (C=O) groups is 1. The molecule has 142 valence electrons. The van der Waals surface area contributed by atoms with Crippen LogP contribution < -0.4 is 0 Å². The Morgan fingerprint density at radius 1 is 1.18 bits per heavy atom. The Kier molecular flexibility index (Phi) is 6.20. The van der Waals surface area contributed by atoms with Gasteiger partial charge in [-0.2, -0.15) is 5.10 Å². The van der Waals surface area contributed by atoms with Crippen molar-refractivity contribution in [3.05, 3.63) is 83.4 Å². The first-order valence-electron chi connectivity index (χ1n) is 8.94. The summed E-state index contributed by atoms with van der Waals surface area (Å²) in [5, 5.41) is 14.4. The lowest BCUT2D eigenvalue weighted by molar-refractivity contribution is 0.0681. The van der Waals surface area contributed by atoms with Gasteiger partial charge in [0.2, 0.25) is 0 Å². The quantitative estimate of drug-likeness (QED) is 0.693.